The molecule has 5 nitrogen and oxygen atoms in total. The molecule has 0 radical (unpaired) electrons. The van der Waals surface area contributed by atoms with Crippen LogP contribution in [0.25, 0.3) is 0 Å². The van der Waals surface area contributed by atoms with Gasteiger partial charge in [-0.2, -0.15) is 0 Å². The first-order chi connectivity index (χ1) is 11.5. The first-order valence-electron chi connectivity index (χ1n) is 7.10. The monoisotopic (exact) mass is 348 g/mol. The highest BCUT2D eigenvalue weighted by Crippen LogP contribution is 2.11. The van der Waals surface area contributed by atoms with Gasteiger partial charge in [0.05, 0.1) is 5.56 Å². The summed E-state index contributed by atoms with van der Waals surface area (Å²) in [7, 11) is 0. The fraction of sp³-hybridized carbons (Fsp3) is 0.118. The van der Waals surface area contributed by atoms with Gasteiger partial charge in [-0.05, 0) is 36.4 Å². The number of carbonyl (C=O) groups is 3. The molecule has 0 saturated heterocycles. The van der Waals surface area contributed by atoms with Gasteiger partial charge in [-0.15, -0.1) is 0 Å². The van der Waals surface area contributed by atoms with E-state index in [1.54, 1.807) is 24.3 Å². The van der Waals surface area contributed by atoms with Gasteiger partial charge >= 0.3 is 0 Å². The van der Waals surface area contributed by atoms with E-state index >= 15 is 0 Å². The van der Waals surface area contributed by atoms with Crippen LogP contribution in [0.4, 0.5) is 4.39 Å². The lowest BCUT2D eigenvalue weighted by molar-refractivity contribution is -0.121. The predicted octanol–water partition coefficient (Wildman–Crippen LogP) is 2.90. The van der Waals surface area contributed by atoms with Crippen LogP contribution in [0.3, 0.4) is 0 Å². The Morgan fingerprint density at radius 2 is 1.58 bits per heavy atom. The summed E-state index contributed by atoms with van der Waals surface area (Å²) in [5.41, 5.74) is 4.51. The molecule has 0 unspecified atom stereocenters. The summed E-state index contributed by atoms with van der Waals surface area (Å²) in [5.74, 6) is -2.24. The van der Waals surface area contributed by atoms with E-state index in [-0.39, 0.29) is 24.2 Å². The predicted molar refractivity (Wildman–Crippen MR) is 87.0 cm³/mol. The second kappa shape index (κ2) is 8.21. The van der Waals surface area contributed by atoms with E-state index in [4.69, 9.17) is 11.6 Å². The smallest absolute Gasteiger partial charge is 0.272 e. The number of nitrogens with one attached hydrogen (secondary N) is 2. The quantitative estimate of drug-likeness (QED) is 0.644. The van der Waals surface area contributed by atoms with E-state index in [1.807, 2.05) is 0 Å². The third-order valence-electron chi connectivity index (χ3n) is 3.18. The van der Waals surface area contributed by atoms with Crippen molar-refractivity contribution in [1.29, 1.82) is 0 Å². The van der Waals surface area contributed by atoms with Crippen LogP contribution in [-0.2, 0) is 4.79 Å². The Balaban J connectivity index is 1.79. The Bertz CT molecular complexity index is 763. The summed E-state index contributed by atoms with van der Waals surface area (Å²) >= 11 is 5.73. The van der Waals surface area contributed by atoms with Gasteiger partial charge in [0.25, 0.3) is 5.91 Å². The second-order valence-corrected chi connectivity index (χ2v) is 5.35. The second-order valence-electron chi connectivity index (χ2n) is 4.91. The highest BCUT2D eigenvalue weighted by Gasteiger charge is 2.13. The maximum atomic E-state index is 13.4. The van der Waals surface area contributed by atoms with Crippen molar-refractivity contribution in [3.8, 4) is 0 Å². The number of carbonyl (C=O) groups excluding carboxylic acids is 3. The van der Waals surface area contributed by atoms with Crippen LogP contribution >= 0.6 is 11.6 Å². The lowest BCUT2D eigenvalue weighted by atomic mass is 10.1. The molecule has 124 valence electrons. The summed E-state index contributed by atoms with van der Waals surface area (Å²) in [6.45, 7) is 0. The molecule has 0 aliphatic heterocycles. The highest BCUT2D eigenvalue weighted by molar-refractivity contribution is 6.30. The number of amides is 2. The average Bonchev–Trinajstić information content (AvgIpc) is 2.58. The van der Waals surface area contributed by atoms with Crippen LogP contribution in [0.1, 0.15) is 33.6 Å². The summed E-state index contributed by atoms with van der Waals surface area (Å²) in [6, 6.07) is 11.7. The van der Waals surface area contributed by atoms with E-state index in [2.05, 4.69) is 10.9 Å². The molecule has 0 aliphatic rings. The molecular formula is C17H14ClFN2O3. The Kier molecular flexibility index (Phi) is 6.03. The molecule has 7 heteroatoms. The molecule has 2 aromatic carbocycles. The maximum Gasteiger partial charge on any atom is 0.272 e. The molecule has 2 aromatic rings. The molecule has 24 heavy (non-hydrogen) atoms. The fourth-order valence-corrected chi connectivity index (χ4v) is 2.03. The number of hydrazine groups is 1. The number of ketones is 1. The van der Waals surface area contributed by atoms with Crippen LogP contribution in [0.15, 0.2) is 48.5 Å². The number of rotatable bonds is 5. The third kappa shape index (κ3) is 4.89. The van der Waals surface area contributed by atoms with E-state index in [0.717, 1.165) is 6.07 Å². The number of benzene rings is 2. The van der Waals surface area contributed by atoms with Gasteiger partial charge < -0.3 is 0 Å². The van der Waals surface area contributed by atoms with Crippen molar-refractivity contribution in [1.82, 2.24) is 10.9 Å². The molecule has 0 spiro atoms. The fourth-order valence-electron chi connectivity index (χ4n) is 1.91. The zero-order chi connectivity index (χ0) is 17.5. The Labute approximate surface area is 142 Å². The van der Waals surface area contributed by atoms with Crippen molar-refractivity contribution in [3.05, 3.63) is 70.5 Å². The van der Waals surface area contributed by atoms with Crippen molar-refractivity contribution in [3.63, 3.8) is 0 Å². The van der Waals surface area contributed by atoms with Gasteiger partial charge in [-0.25, -0.2) is 4.39 Å². The molecule has 2 amide bonds. The average molecular weight is 349 g/mol. The van der Waals surface area contributed by atoms with E-state index in [1.165, 1.54) is 18.2 Å². The minimum Gasteiger partial charge on any atom is -0.294 e. The van der Waals surface area contributed by atoms with Crippen LogP contribution in [0.2, 0.25) is 5.02 Å². The zero-order valence-corrected chi connectivity index (χ0v) is 13.3. The minimum atomic E-state index is -0.773. The number of hydrogen-bond donors (Lipinski definition) is 2. The Hall–Kier alpha value is -2.73. The molecule has 0 heterocycles. The van der Waals surface area contributed by atoms with Gasteiger partial charge in [0.1, 0.15) is 5.82 Å². The van der Waals surface area contributed by atoms with Gasteiger partial charge in [-0.3, -0.25) is 25.2 Å². The summed E-state index contributed by atoms with van der Waals surface area (Å²) in [4.78, 5) is 35.3. The summed E-state index contributed by atoms with van der Waals surface area (Å²) < 4.78 is 13.4. The number of Topliss-reactive ketones (excluding diaryl/α,β-unsaturated/α-hetero) is 1. The standard InChI is InChI=1S/C17H14ClFN2O3/c18-12-7-5-11(6-8-12)15(22)9-10-16(23)20-21-17(24)13-3-1-2-4-14(13)19/h1-8H,9-10H2,(H,20,23)(H,21,24). The van der Waals surface area contributed by atoms with Crippen molar-refractivity contribution < 1.29 is 18.8 Å². The van der Waals surface area contributed by atoms with Crippen molar-refractivity contribution in [2.45, 2.75) is 12.8 Å². The molecule has 0 aromatic heterocycles. The summed E-state index contributed by atoms with van der Waals surface area (Å²) in [6.07, 6.45) is -0.137. The lowest BCUT2D eigenvalue weighted by Crippen LogP contribution is -2.42. The zero-order valence-electron chi connectivity index (χ0n) is 12.5. The molecule has 0 atom stereocenters. The summed E-state index contributed by atoms with van der Waals surface area (Å²) in [5, 5.41) is 0.514. The van der Waals surface area contributed by atoms with E-state index in [9.17, 15) is 18.8 Å². The first-order valence-corrected chi connectivity index (χ1v) is 7.47. The topological polar surface area (TPSA) is 75.3 Å². The largest absolute Gasteiger partial charge is 0.294 e. The van der Waals surface area contributed by atoms with Crippen LogP contribution in [0.5, 0.6) is 0 Å². The van der Waals surface area contributed by atoms with Gasteiger partial charge in [0.2, 0.25) is 5.91 Å². The van der Waals surface area contributed by atoms with Gasteiger partial charge in [0.15, 0.2) is 5.78 Å². The normalized spacial score (nSPS) is 10.1. The Morgan fingerprint density at radius 1 is 0.917 bits per heavy atom. The first kappa shape index (κ1) is 17.6. The number of hydrogen-bond acceptors (Lipinski definition) is 3. The molecule has 2 N–H and O–H groups in total. The molecule has 0 aliphatic carbocycles. The molecule has 0 fully saturated rings. The van der Waals surface area contributed by atoms with Crippen LogP contribution in [0, 0.1) is 5.82 Å². The third-order valence-corrected chi connectivity index (χ3v) is 3.43. The Morgan fingerprint density at radius 3 is 2.25 bits per heavy atom. The molecule has 2 rings (SSSR count). The van der Waals surface area contributed by atoms with E-state index < -0.39 is 17.6 Å². The van der Waals surface area contributed by atoms with Gasteiger partial charge in [-0.1, -0.05) is 23.7 Å². The maximum absolute atomic E-state index is 13.4. The SMILES string of the molecule is O=C(CCC(=O)c1ccc(Cl)cc1)NNC(=O)c1ccccc1F. The highest BCUT2D eigenvalue weighted by atomic mass is 35.5. The van der Waals surface area contributed by atoms with Crippen molar-refractivity contribution >= 4 is 29.2 Å². The van der Waals surface area contributed by atoms with Crippen molar-refractivity contribution in [2.75, 3.05) is 0 Å². The molecular weight excluding hydrogens is 335 g/mol. The molecule has 0 saturated carbocycles. The van der Waals surface area contributed by atoms with Crippen LogP contribution in [-0.4, -0.2) is 17.6 Å². The van der Waals surface area contributed by atoms with E-state index in [0.29, 0.717) is 10.6 Å². The minimum absolute atomic E-state index is 0.0248. The van der Waals surface area contributed by atoms with Crippen molar-refractivity contribution in [2.24, 2.45) is 0 Å². The van der Waals surface area contributed by atoms with Gasteiger partial charge in [0, 0.05) is 23.4 Å². The molecule has 0 bridgehead atoms. The number of halogens is 2. The lowest BCUT2D eigenvalue weighted by Gasteiger charge is -2.07. The van der Waals surface area contributed by atoms with Crippen LogP contribution < -0.4 is 10.9 Å².